The summed E-state index contributed by atoms with van der Waals surface area (Å²) in [6.07, 6.45) is 4.37. The molecule has 4 aromatic rings. The summed E-state index contributed by atoms with van der Waals surface area (Å²) in [6, 6.07) is 9.98. The van der Waals surface area contributed by atoms with E-state index in [1.165, 1.54) is 0 Å². The van der Waals surface area contributed by atoms with E-state index in [1.54, 1.807) is 17.1 Å². The maximum absolute atomic E-state index is 10.6. The standard InChI is InChI=1S/C16H12N6O/c23-7-5-13-9-18-15-16(19-13)22(21-20-15)10-11-3-4-14-12(8-11)2-1-6-17-14/h1-4,6-9H,5,10H2. The second-order valence-electron chi connectivity index (χ2n) is 5.16. The summed E-state index contributed by atoms with van der Waals surface area (Å²) in [7, 11) is 0. The van der Waals surface area contributed by atoms with Crippen LogP contribution in [0.4, 0.5) is 0 Å². The van der Waals surface area contributed by atoms with Gasteiger partial charge in [-0.25, -0.2) is 14.6 Å². The number of carbonyl (C=O) groups excluding carboxylic acids is 1. The number of fused-ring (bicyclic) bond motifs is 2. The van der Waals surface area contributed by atoms with Crippen molar-refractivity contribution in [3.63, 3.8) is 0 Å². The molecule has 0 spiro atoms. The molecule has 0 unspecified atom stereocenters. The van der Waals surface area contributed by atoms with E-state index in [0.717, 1.165) is 22.8 Å². The highest BCUT2D eigenvalue weighted by Crippen LogP contribution is 2.15. The lowest BCUT2D eigenvalue weighted by molar-refractivity contribution is -0.107. The van der Waals surface area contributed by atoms with Gasteiger partial charge in [-0.05, 0) is 23.8 Å². The molecule has 0 fully saturated rings. The fourth-order valence-corrected chi connectivity index (χ4v) is 2.48. The van der Waals surface area contributed by atoms with Gasteiger partial charge in [-0.15, -0.1) is 5.10 Å². The van der Waals surface area contributed by atoms with Crippen LogP contribution in [0.3, 0.4) is 0 Å². The molecule has 3 heterocycles. The number of aldehydes is 1. The molecule has 0 N–H and O–H groups in total. The highest BCUT2D eigenvalue weighted by Gasteiger charge is 2.09. The van der Waals surface area contributed by atoms with Gasteiger partial charge in [0.2, 0.25) is 5.65 Å². The number of aromatic nitrogens is 6. The fourth-order valence-electron chi connectivity index (χ4n) is 2.48. The van der Waals surface area contributed by atoms with Gasteiger partial charge in [0.05, 0.1) is 24.0 Å². The molecule has 112 valence electrons. The largest absolute Gasteiger partial charge is 0.303 e. The van der Waals surface area contributed by atoms with E-state index >= 15 is 0 Å². The third-order valence-electron chi connectivity index (χ3n) is 3.57. The van der Waals surface area contributed by atoms with E-state index in [9.17, 15) is 4.79 Å². The Kier molecular flexibility index (Phi) is 3.23. The van der Waals surface area contributed by atoms with Crippen LogP contribution in [0.25, 0.3) is 22.2 Å². The number of hydrogen-bond acceptors (Lipinski definition) is 6. The second kappa shape index (κ2) is 5.53. The Bertz CT molecular complexity index is 1010. The maximum atomic E-state index is 10.6. The van der Waals surface area contributed by atoms with Crippen molar-refractivity contribution >= 4 is 28.5 Å². The topological polar surface area (TPSA) is 86.5 Å². The monoisotopic (exact) mass is 304 g/mol. The van der Waals surface area contributed by atoms with Gasteiger partial charge in [-0.2, -0.15) is 0 Å². The quantitative estimate of drug-likeness (QED) is 0.532. The molecule has 4 rings (SSSR count). The van der Waals surface area contributed by atoms with Crippen molar-refractivity contribution in [2.45, 2.75) is 13.0 Å². The van der Waals surface area contributed by atoms with Crippen molar-refractivity contribution in [3.8, 4) is 0 Å². The van der Waals surface area contributed by atoms with Crippen molar-refractivity contribution in [2.75, 3.05) is 0 Å². The highest BCUT2D eigenvalue weighted by atomic mass is 16.1. The molecule has 7 heteroatoms. The van der Waals surface area contributed by atoms with Crippen molar-refractivity contribution in [1.29, 1.82) is 0 Å². The van der Waals surface area contributed by atoms with Crippen LogP contribution in [0.1, 0.15) is 11.3 Å². The zero-order chi connectivity index (χ0) is 15.6. The van der Waals surface area contributed by atoms with Gasteiger partial charge in [-0.1, -0.05) is 17.3 Å². The van der Waals surface area contributed by atoms with E-state index in [4.69, 9.17) is 0 Å². The molecule has 1 aromatic carbocycles. The van der Waals surface area contributed by atoms with Crippen LogP contribution in [0, 0.1) is 0 Å². The summed E-state index contributed by atoms with van der Waals surface area (Å²) < 4.78 is 1.69. The first-order valence-electron chi connectivity index (χ1n) is 7.16. The Morgan fingerprint density at radius 2 is 2.13 bits per heavy atom. The summed E-state index contributed by atoms with van der Waals surface area (Å²) in [4.78, 5) is 23.5. The lowest BCUT2D eigenvalue weighted by atomic mass is 10.1. The fraction of sp³-hybridized carbons (Fsp3) is 0.125. The zero-order valence-electron chi connectivity index (χ0n) is 12.1. The van der Waals surface area contributed by atoms with E-state index in [2.05, 4.69) is 31.3 Å². The molecule has 3 aromatic heterocycles. The van der Waals surface area contributed by atoms with Crippen LogP contribution in [0.2, 0.25) is 0 Å². The number of hydrogen-bond donors (Lipinski definition) is 0. The summed E-state index contributed by atoms with van der Waals surface area (Å²) in [6.45, 7) is 0.528. The van der Waals surface area contributed by atoms with Gasteiger partial charge >= 0.3 is 0 Å². The first-order chi connectivity index (χ1) is 11.3. The van der Waals surface area contributed by atoms with Gasteiger partial charge in [0.1, 0.15) is 6.29 Å². The molecule has 0 atom stereocenters. The second-order valence-corrected chi connectivity index (χ2v) is 5.16. The molecule has 0 aliphatic heterocycles. The number of rotatable bonds is 4. The smallest absolute Gasteiger partial charge is 0.221 e. The van der Waals surface area contributed by atoms with Crippen molar-refractivity contribution < 1.29 is 4.79 Å². The first kappa shape index (κ1) is 13.4. The van der Waals surface area contributed by atoms with Crippen LogP contribution in [0.5, 0.6) is 0 Å². The van der Waals surface area contributed by atoms with Crippen LogP contribution < -0.4 is 0 Å². The van der Waals surface area contributed by atoms with Gasteiger partial charge < -0.3 is 4.79 Å². The summed E-state index contributed by atoms with van der Waals surface area (Å²) in [5.41, 5.74) is 3.68. The zero-order valence-corrected chi connectivity index (χ0v) is 12.1. The number of benzene rings is 1. The van der Waals surface area contributed by atoms with Crippen LogP contribution in [0.15, 0.2) is 42.7 Å². The summed E-state index contributed by atoms with van der Waals surface area (Å²) in [5.74, 6) is 0. The number of pyridine rings is 1. The van der Waals surface area contributed by atoms with E-state index < -0.39 is 0 Å². The minimum Gasteiger partial charge on any atom is -0.303 e. The molecule has 7 nitrogen and oxygen atoms in total. The van der Waals surface area contributed by atoms with Gasteiger partial charge in [-0.3, -0.25) is 4.98 Å². The van der Waals surface area contributed by atoms with Crippen LogP contribution >= 0.6 is 0 Å². The molecule has 0 aliphatic carbocycles. The van der Waals surface area contributed by atoms with Crippen LogP contribution in [-0.2, 0) is 17.8 Å². The van der Waals surface area contributed by atoms with Crippen LogP contribution in [-0.4, -0.2) is 36.2 Å². The van der Waals surface area contributed by atoms with Crippen molar-refractivity contribution in [3.05, 3.63) is 54.0 Å². The molecular weight excluding hydrogens is 292 g/mol. The van der Waals surface area contributed by atoms with Gasteiger partial charge in [0.15, 0.2) is 5.65 Å². The molecule has 0 saturated heterocycles. The average Bonchev–Trinajstić information content (AvgIpc) is 2.97. The van der Waals surface area contributed by atoms with E-state index in [1.807, 2.05) is 24.3 Å². The third kappa shape index (κ3) is 2.52. The average molecular weight is 304 g/mol. The van der Waals surface area contributed by atoms with E-state index in [0.29, 0.717) is 23.5 Å². The minimum absolute atomic E-state index is 0.232. The number of nitrogens with zero attached hydrogens (tertiary/aromatic N) is 6. The molecule has 0 radical (unpaired) electrons. The third-order valence-corrected chi connectivity index (χ3v) is 3.57. The minimum atomic E-state index is 0.232. The molecular formula is C16H12N6O. The maximum Gasteiger partial charge on any atom is 0.221 e. The van der Waals surface area contributed by atoms with E-state index in [-0.39, 0.29) is 6.42 Å². The lowest BCUT2D eigenvalue weighted by Crippen LogP contribution is -2.04. The van der Waals surface area contributed by atoms with Crippen molar-refractivity contribution in [1.82, 2.24) is 29.9 Å². The first-order valence-corrected chi connectivity index (χ1v) is 7.16. The molecule has 0 amide bonds. The Balaban J connectivity index is 1.73. The molecule has 23 heavy (non-hydrogen) atoms. The Morgan fingerprint density at radius 3 is 3.04 bits per heavy atom. The Hall–Kier alpha value is -3.22. The van der Waals surface area contributed by atoms with Crippen molar-refractivity contribution in [2.24, 2.45) is 0 Å². The summed E-state index contributed by atoms with van der Waals surface area (Å²) >= 11 is 0. The molecule has 0 bridgehead atoms. The predicted molar refractivity (Wildman–Crippen MR) is 83.7 cm³/mol. The van der Waals surface area contributed by atoms with Gasteiger partial charge in [0, 0.05) is 18.0 Å². The number of carbonyl (C=O) groups is 1. The normalized spacial score (nSPS) is 11.1. The molecule has 0 aliphatic rings. The predicted octanol–water partition coefficient (Wildman–Crippen LogP) is 1.56. The Morgan fingerprint density at radius 1 is 1.17 bits per heavy atom. The lowest BCUT2D eigenvalue weighted by Gasteiger charge is -2.04. The van der Waals surface area contributed by atoms with Gasteiger partial charge in [0.25, 0.3) is 0 Å². The highest BCUT2D eigenvalue weighted by molar-refractivity contribution is 5.79. The SMILES string of the molecule is O=CCc1cnc2nnn(Cc3ccc4ncccc4c3)c2n1. The summed E-state index contributed by atoms with van der Waals surface area (Å²) in [5, 5.41) is 9.20. The molecule has 0 saturated carbocycles. The Labute approximate surface area is 131 Å².